The minimum atomic E-state index is -0.822. The number of nitrogens with one attached hydrogen (secondary N) is 1. The third kappa shape index (κ3) is 2.57. The highest BCUT2D eigenvalue weighted by Gasteiger charge is 2.14. The van der Waals surface area contributed by atoms with Crippen LogP contribution >= 0.6 is 0 Å². The van der Waals surface area contributed by atoms with Crippen molar-refractivity contribution in [3.8, 4) is 0 Å². The lowest BCUT2D eigenvalue weighted by Gasteiger charge is -2.06. The zero-order chi connectivity index (χ0) is 13.0. The summed E-state index contributed by atoms with van der Waals surface area (Å²) in [7, 11) is 0. The number of rotatable bonds is 3. The van der Waals surface area contributed by atoms with Crippen LogP contribution in [0, 0.1) is 5.82 Å². The molecule has 7 heteroatoms. The lowest BCUT2D eigenvalue weighted by atomic mass is 10.2. The molecular formula is C11H10FN5O. The van der Waals surface area contributed by atoms with E-state index < -0.39 is 11.7 Å². The molecule has 0 unspecified atom stereocenters. The number of carbonyl (C=O) groups is 1. The van der Waals surface area contributed by atoms with Crippen LogP contribution in [0.2, 0.25) is 0 Å². The largest absolute Gasteiger partial charge is 0.381 e. The molecule has 0 saturated carbocycles. The Balaban J connectivity index is 2.07. The number of nitrogens with zero attached hydrogens (tertiary/aromatic N) is 3. The first-order valence-electron chi connectivity index (χ1n) is 5.11. The maximum Gasteiger partial charge on any atom is 0.254 e. The van der Waals surface area contributed by atoms with Crippen molar-refractivity contribution in [1.29, 1.82) is 0 Å². The van der Waals surface area contributed by atoms with Crippen molar-refractivity contribution in [3.63, 3.8) is 0 Å². The van der Waals surface area contributed by atoms with E-state index in [1.54, 1.807) is 12.3 Å². The molecule has 18 heavy (non-hydrogen) atoms. The van der Waals surface area contributed by atoms with Crippen LogP contribution in [-0.4, -0.2) is 20.9 Å². The summed E-state index contributed by atoms with van der Waals surface area (Å²) in [5.41, 5.74) is 5.76. The van der Waals surface area contributed by atoms with Gasteiger partial charge in [-0.2, -0.15) is 0 Å². The van der Waals surface area contributed by atoms with Crippen LogP contribution in [0.4, 0.5) is 10.2 Å². The van der Waals surface area contributed by atoms with Crippen molar-refractivity contribution in [2.24, 2.45) is 0 Å². The van der Waals surface area contributed by atoms with Crippen molar-refractivity contribution in [2.75, 3.05) is 5.73 Å². The van der Waals surface area contributed by atoms with E-state index in [0.717, 1.165) is 0 Å². The summed E-state index contributed by atoms with van der Waals surface area (Å²) < 4.78 is 13.5. The van der Waals surface area contributed by atoms with E-state index in [1.807, 2.05) is 0 Å². The van der Waals surface area contributed by atoms with Gasteiger partial charge in [-0.25, -0.2) is 19.3 Å². The topological polar surface area (TPSA) is 93.8 Å². The quantitative estimate of drug-likeness (QED) is 0.824. The Kier molecular flexibility index (Phi) is 3.42. The van der Waals surface area contributed by atoms with Gasteiger partial charge in [0.25, 0.3) is 5.91 Å². The second kappa shape index (κ2) is 5.17. The molecule has 92 valence electrons. The second-order valence-corrected chi connectivity index (χ2v) is 3.44. The van der Waals surface area contributed by atoms with E-state index in [2.05, 4.69) is 20.3 Å². The fourth-order valence-corrected chi connectivity index (χ4v) is 1.32. The number of hydrogen-bond donors (Lipinski definition) is 2. The van der Waals surface area contributed by atoms with E-state index >= 15 is 0 Å². The lowest BCUT2D eigenvalue weighted by Crippen LogP contribution is -2.24. The van der Waals surface area contributed by atoms with E-state index in [4.69, 9.17) is 5.73 Å². The van der Waals surface area contributed by atoms with Gasteiger partial charge in [-0.1, -0.05) is 0 Å². The van der Waals surface area contributed by atoms with Gasteiger partial charge >= 0.3 is 0 Å². The highest BCUT2D eigenvalue weighted by atomic mass is 19.1. The highest BCUT2D eigenvalue weighted by Crippen LogP contribution is 2.11. The number of nitrogens with two attached hydrogens (primary N) is 1. The Morgan fingerprint density at radius 2 is 2.17 bits per heavy atom. The Hall–Kier alpha value is -2.57. The Labute approximate surface area is 102 Å². The average Bonchev–Trinajstić information content (AvgIpc) is 2.40. The third-order valence-electron chi connectivity index (χ3n) is 2.23. The van der Waals surface area contributed by atoms with Crippen LogP contribution in [0.25, 0.3) is 0 Å². The number of carbonyl (C=O) groups excluding carboxylic acids is 1. The van der Waals surface area contributed by atoms with Crippen LogP contribution in [-0.2, 0) is 6.54 Å². The molecule has 2 heterocycles. The average molecular weight is 247 g/mol. The summed E-state index contributed by atoms with van der Waals surface area (Å²) in [6, 6.07) is 2.92. The number of hydrogen-bond acceptors (Lipinski definition) is 5. The van der Waals surface area contributed by atoms with Gasteiger partial charge < -0.3 is 11.1 Å². The van der Waals surface area contributed by atoms with Gasteiger partial charge in [-0.15, -0.1) is 0 Å². The Morgan fingerprint density at radius 1 is 1.33 bits per heavy atom. The highest BCUT2D eigenvalue weighted by molar-refractivity contribution is 5.94. The van der Waals surface area contributed by atoms with Crippen LogP contribution in [0.3, 0.4) is 0 Å². The number of pyridine rings is 1. The van der Waals surface area contributed by atoms with Crippen LogP contribution < -0.4 is 11.1 Å². The SMILES string of the molecule is Nc1nccc(C(=O)NCc2ccncn2)c1F. The standard InChI is InChI=1S/C11H10FN5O/c12-9-8(2-4-15-10(9)13)11(18)16-5-7-1-3-14-6-17-7/h1-4,6H,5H2,(H2,13,15)(H,16,18). The molecule has 2 aromatic rings. The smallest absolute Gasteiger partial charge is 0.254 e. The number of aromatic nitrogens is 3. The molecular weight excluding hydrogens is 237 g/mol. The maximum absolute atomic E-state index is 13.5. The Morgan fingerprint density at radius 3 is 2.89 bits per heavy atom. The van der Waals surface area contributed by atoms with Crippen LogP contribution in [0.1, 0.15) is 16.1 Å². The minimum Gasteiger partial charge on any atom is -0.381 e. The molecule has 0 fully saturated rings. The zero-order valence-corrected chi connectivity index (χ0v) is 9.30. The van der Waals surface area contributed by atoms with E-state index in [9.17, 15) is 9.18 Å². The fraction of sp³-hybridized carbons (Fsp3) is 0.0909. The van der Waals surface area contributed by atoms with Gasteiger partial charge in [0.2, 0.25) is 0 Å². The molecule has 1 amide bonds. The van der Waals surface area contributed by atoms with Crippen LogP contribution in [0.15, 0.2) is 30.9 Å². The van der Waals surface area contributed by atoms with Gasteiger partial charge in [-0.3, -0.25) is 4.79 Å². The number of anilines is 1. The predicted octanol–water partition coefficient (Wildman–Crippen LogP) is 0.523. The third-order valence-corrected chi connectivity index (χ3v) is 2.23. The van der Waals surface area contributed by atoms with Crippen LogP contribution in [0.5, 0.6) is 0 Å². The molecule has 0 aliphatic carbocycles. The first-order chi connectivity index (χ1) is 8.68. The zero-order valence-electron chi connectivity index (χ0n) is 9.30. The molecule has 0 radical (unpaired) electrons. The second-order valence-electron chi connectivity index (χ2n) is 3.44. The van der Waals surface area contributed by atoms with Crippen molar-refractivity contribution in [3.05, 3.63) is 47.9 Å². The molecule has 0 aliphatic rings. The minimum absolute atomic E-state index is 0.142. The number of amides is 1. The number of halogens is 1. The monoisotopic (exact) mass is 247 g/mol. The summed E-state index contributed by atoms with van der Waals surface area (Å²) in [6.45, 7) is 0.184. The van der Waals surface area contributed by atoms with Gasteiger partial charge in [0.05, 0.1) is 17.8 Å². The summed E-state index contributed by atoms with van der Waals surface area (Å²) in [5, 5.41) is 2.53. The van der Waals surface area contributed by atoms with E-state index in [0.29, 0.717) is 5.69 Å². The normalized spacial score (nSPS) is 10.1. The molecule has 6 nitrogen and oxygen atoms in total. The van der Waals surface area contributed by atoms with E-state index in [1.165, 1.54) is 18.6 Å². The predicted molar refractivity (Wildman–Crippen MR) is 61.8 cm³/mol. The van der Waals surface area contributed by atoms with Gasteiger partial charge in [-0.05, 0) is 12.1 Å². The first kappa shape index (κ1) is 11.9. The first-order valence-corrected chi connectivity index (χ1v) is 5.11. The lowest BCUT2D eigenvalue weighted by molar-refractivity contribution is 0.0946. The van der Waals surface area contributed by atoms with Gasteiger partial charge in [0.15, 0.2) is 11.6 Å². The summed E-state index contributed by atoms with van der Waals surface area (Å²) in [4.78, 5) is 22.9. The van der Waals surface area contributed by atoms with Crippen molar-refractivity contribution in [1.82, 2.24) is 20.3 Å². The maximum atomic E-state index is 13.5. The fourth-order valence-electron chi connectivity index (χ4n) is 1.32. The molecule has 0 spiro atoms. The van der Waals surface area contributed by atoms with Gasteiger partial charge in [0, 0.05) is 12.4 Å². The molecule has 0 atom stereocenters. The summed E-state index contributed by atoms with van der Waals surface area (Å²) in [5.74, 6) is -1.69. The number of nitrogen functional groups attached to an aromatic ring is 1. The molecule has 2 aromatic heterocycles. The molecule has 0 bridgehead atoms. The van der Waals surface area contributed by atoms with Crippen molar-refractivity contribution < 1.29 is 9.18 Å². The van der Waals surface area contributed by atoms with Crippen molar-refractivity contribution in [2.45, 2.75) is 6.54 Å². The molecule has 0 aliphatic heterocycles. The summed E-state index contributed by atoms with van der Waals surface area (Å²) >= 11 is 0. The van der Waals surface area contributed by atoms with E-state index in [-0.39, 0.29) is 17.9 Å². The summed E-state index contributed by atoms with van der Waals surface area (Å²) in [6.07, 6.45) is 4.20. The van der Waals surface area contributed by atoms with Gasteiger partial charge in [0.1, 0.15) is 6.33 Å². The van der Waals surface area contributed by atoms with Crippen molar-refractivity contribution >= 4 is 11.7 Å². The Bertz CT molecular complexity index is 561. The molecule has 3 N–H and O–H groups in total. The molecule has 2 rings (SSSR count). The molecule has 0 saturated heterocycles. The molecule has 0 aromatic carbocycles.